The second-order valence-corrected chi connectivity index (χ2v) is 6.70. The van der Waals surface area contributed by atoms with Gasteiger partial charge < -0.3 is 11.1 Å². The van der Waals surface area contributed by atoms with E-state index in [-0.39, 0.29) is 17.5 Å². The van der Waals surface area contributed by atoms with Crippen molar-refractivity contribution >= 4 is 17.4 Å². The minimum Gasteiger partial charge on any atom is -0.396 e. The van der Waals surface area contributed by atoms with Crippen molar-refractivity contribution in [3.63, 3.8) is 0 Å². The summed E-state index contributed by atoms with van der Waals surface area (Å²) in [6, 6.07) is 6.63. The third-order valence-electron chi connectivity index (χ3n) is 4.56. The smallest absolute Gasteiger partial charge is 0.228 e. The van der Waals surface area contributed by atoms with Crippen molar-refractivity contribution in [2.45, 2.75) is 19.8 Å². The average Bonchev–Trinajstić information content (AvgIpc) is 3.50. The van der Waals surface area contributed by atoms with Crippen LogP contribution in [0.3, 0.4) is 0 Å². The predicted molar refractivity (Wildman–Crippen MR) is 101 cm³/mol. The molecule has 3 aromatic rings. The van der Waals surface area contributed by atoms with Gasteiger partial charge in [0.2, 0.25) is 5.91 Å². The molecule has 136 valence electrons. The zero-order valence-electron chi connectivity index (χ0n) is 14.7. The quantitative estimate of drug-likeness (QED) is 0.691. The maximum absolute atomic E-state index is 13.6. The van der Waals surface area contributed by atoms with E-state index in [1.165, 1.54) is 12.4 Å². The minimum atomic E-state index is -0.438. The third kappa shape index (κ3) is 3.62. The molecule has 4 rings (SSSR count). The van der Waals surface area contributed by atoms with E-state index >= 15 is 0 Å². The second kappa shape index (κ2) is 6.75. The van der Waals surface area contributed by atoms with Gasteiger partial charge in [-0.2, -0.15) is 0 Å². The maximum Gasteiger partial charge on any atom is 0.228 e. The van der Waals surface area contributed by atoms with Crippen LogP contribution in [0.15, 0.2) is 43.0 Å². The van der Waals surface area contributed by atoms with Gasteiger partial charge in [-0.1, -0.05) is 0 Å². The molecule has 0 unspecified atom stereocenters. The van der Waals surface area contributed by atoms with Crippen LogP contribution in [0.1, 0.15) is 18.4 Å². The van der Waals surface area contributed by atoms with Gasteiger partial charge in [-0.25, -0.2) is 14.4 Å². The van der Waals surface area contributed by atoms with Gasteiger partial charge in [0.1, 0.15) is 18.0 Å². The monoisotopic (exact) mass is 363 g/mol. The molecule has 0 atom stereocenters. The molecule has 2 heterocycles. The first-order valence-electron chi connectivity index (χ1n) is 8.65. The maximum atomic E-state index is 13.6. The molecule has 7 heteroatoms. The van der Waals surface area contributed by atoms with Gasteiger partial charge >= 0.3 is 0 Å². The number of carbonyl (C=O) groups excluding carboxylic acids is 1. The van der Waals surface area contributed by atoms with Gasteiger partial charge in [-0.15, -0.1) is 0 Å². The molecule has 0 bridgehead atoms. The van der Waals surface area contributed by atoms with Crippen molar-refractivity contribution in [2.24, 2.45) is 5.92 Å². The van der Waals surface area contributed by atoms with Gasteiger partial charge in [0, 0.05) is 35.5 Å². The van der Waals surface area contributed by atoms with E-state index in [2.05, 4.69) is 20.3 Å². The molecule has 1 aromatic carbocycles. The Morgan fingerprint density at radius 3 is 2.70 bits per heavy atom. The summed E-state index contributed by atoms with van der Waals surface area (Å²) in [6.45, 7) is 1.82. The number of nitrogens with two attached hydrogens (primary N) is 1. The van der Waals surface area contributed by atoms with Crippen LogP contribution in [0.5, 0.6) is 0 Å². The fourth-order valence-electron chi connectivity index (χ4n) is 2.89. The van der Waals surface area contributed by atoms with E-state index in [9.17, 15) is 9.18 Å². The largest absolute Gasteiger partial charge is 0.396 e. The summed E-state index contributed by atoms with van der Waals surface area (Å²) in [5, 5.41) is 2.81. The Balaban J connectivity index is 1.67. The first kappa shape index (κ1) is 17.1. The van der Waals surface area contributed by atoms with E-state index in [4.69, 9.17) is 5.73 Å². The Bertz CT molecular complexity index is 1030. The average molecular weight is 363 g/mol. The molecule has 0 spiro atoms. The summed E-state index contributed by atoms with van der Waals surface area (Å²) in [6.07, 6.45) is 6.64. The van der Waals surface area contributed by atoms with Crippen molar-refractivity contribution < 1.29 is 9.18 Å². The molecule has 6 nitrogen and oxygen atoms in total. The molecule has 1 fully saturated rings. The number of rotatable bonds is 4. The Morgan fingerprint density at radius 1 is 1.15 bits per heavy atom. The molecule has 1 aliphatic carbocycles. The van der Waals surface area contributed by atoms with Crippen molar-refractivity contribution in [1.29, 1.82) is 0 Å². The molecule has 0 radical (unpaired) electrons. The number of nitrogen functional groups attached to an aromatic ring is 1. The fourth-order valence-corrected chi connectivity index (χ4v) is 2.89. The van der Waals surface area contributed by atoms with Crippen LogP contribution in [0.2, 0.25) is 0 Å². The van der Waals surface area contributed by atoms with Gasteiger partial charge in [0.05, 0.1) is 11.4 Å². The molecule has 1 aliphatic rings. The summed E-state index contributed by atoms with van der Waals surface area (Å²) >= 11 is 0. The summed E-state index contributed by atoms with van der Waals surface area (Å²) in [5.41, 5.74) is 9.58. The zero-order chi connectivity index (χ0) is 19.0. The first-order chi connectivity index (χ1) is 13.0. The lowest BCUT2D eigenvalue weighted by molar-refractivity contribution is -0.117. The van der Waals surface area contributed by atoms with E-state index in [0.717, 1.165) is 35.1 Å². The Morgan fingerprint density at radius 2 is 1.93 bits per heavy atom. The van der Waals surface area contributed by atoms with Crippen LogP contribution in [0, 0.1) is 18.7 Å². The second-order valence-electron chi connectivity index (χ2n) is 6.70. The van der Waals surface area contributed by atoms with Crippen LogP contribution >= 0.6 is 0 Å². The number of aryl methyl sites for hydroxylation is 1. The van der Waals surface area contributed by atoms with Crippen molar-refractivity contribution in [1.82, 2.24) is 15.0 Å². The molecule has 27 heavy (non-hydrogen) atoms. The molecule has 2 aromatic heterocycles. The van der Waals surface area contributed by atoms with E-state index in [0.29, 0.717) is 11.5 Å². The number of hydrogen-bond donors (Lipinski definition) is 2. The highest BCUT2D eigenvalue weighted by molar-refractivity contribution is 5.93. The van der Waals surface area contributed by atoms with Crippen LogP contribution in [0.25, 0.3) is 22.4 Å². The number of pyridine rings is 1. The normalized spacial score (nSPS) is 13.4. The van der Waals surface area contributed by atoms with Crippen LogP contribution in [-0.2, 0) is 4.79 Å². The zero-order valence-corrected chi connectivity index (χ0v) is 14.7. The number of nitrogens with zero attached hydrogens (tertiary/aromatic N) is 3. The number of anilines is 2. The summed E-state index contributed by atoms with van der Waals surface area (Å²) in [5.74, 6) is 0.112. The third-order valence-corrected chi connectivity index (χ3v) is 4.56. The predicted octanol–water partition coefficient (Wildman–Crippen LogP) is 3.58. The molecular weight excluding hydrogens is 345 g/mol. The molecule has 0 aliphatic heterocycles. The lowest BCUT2D eigenvalue weighted by Gasteiger charge is -2.10. The topological polar surface area (TPSA) is 93.8 Å². The highest BCUT2D eigenvalue weighted by Crippen LogP contribution is 2.31. The lowest BCUT2D eigenvalue weighted by Crippen LogP contribution is -2.14. The van der Waals surface area contributed by atoms with Crippen molar-refractivity contribution in [3.05, 3.63) is 54.4 Å². The number of aromatic nitrogens is 3. The SMILES string of the molecule is Cc1cc(F)c(N)cc1-c1cncc(-c2cc(NC(=O)C3CC3)ncn2)c1. The number of carbonyl (C=O) groups is 1. The van der Waals surface area contributed by atoms with Crippen LogP contribution in [0.4, 0.5) is 15.9 Å². The Hall–Kier alpha value is -3.35. The molecule has 1 saturated carbocycles. The van der Waals surface area contributed by atoms with Gasteiger partial charge in [0.15, 0.2) is 0 Å². The van der Waals surface area contributed by atoms with Gasteiger partial charge in [-0.05, 0) is 49.1 Å². The number of halogens is 1. The van der Waals surface area contributed by atoms with Crippen LogP contribution < -0.4 is 11.1 Å². The first-order valence-corrected chi connectivity index (χ1v) is 8.65. The Labute approximate surface area is 155 Å². The molecule has 1 amide bonds. The number of benzene rings is 1. The summed E-state index contributed by atoms with van der Waals surface area (Å²) in [4.78, 5) is 24.6. The van der Waals surface area contributed by atoms with Crippen LogP contribution in [-0.4, -0.2) is 20.9 Å². The molecule has 3 N–H and O–H groups in total. The van der Waals surface area contributed by atoms with Crippen molar-refractivity contribution in [2.75, 3.05) is 11.1 Å². The fraction of sp³-hybridized carbons (Fsp3) is 0.200. The molecular formula is C20H18FN5O. The number of hydrogen-bond acceptors (Lipinski definition) is 5. The van der Waals surface area contributed by atoms with Gasteiger partial charge in [-0.3, -0.25) is 9.78 Å². The lowest BCUT2D eigenvalue weighted by atomic mass is 9.99. The van der Waals surface area contributed by atoms with E-state index < -0.39 is 5.82 Å². The molecule has 0 saturated heterocycles. The standard InChI is InChI=1S/C20H18FN5O/c1-11-4-16(21)17(22)6-15(11)13-5-14(9-23-8-13)18-7-19(25-10-24-18)26-20(27)12-2-3-12/h4-10,12H,2-3,22H2,1H3,(H,24,25,26,27). The van der Waals surface area contributed by atoms with Crippen molar-refractivity contribution in [3.8, 4) is 22.4 Å². The number of amides is 1. The highest BCUT2D eigenvalue weighted by atomic mass is 19.1. The Kier molecular flexibility index (Phi) is 4.27. The number of nitrogens with one attached hydrogen (secondary N) is 1. The minimum absolute atomic E-state index is 0.0102. The van der Waals surface area contributed by atoms with E-state index in [1.807, 2.05) is 13.0 Å². The summed E-state index contributed by atoms with van der Waals surface area (Å²) in [7, 11) is 0. The highest BCUT2D eigenvalue weighted by Gasteiger charge is 2.29. The van der Waals surface area contributed by atoms with E-state index in [1.54, 1.807) is 24.5 Å². The summed E-state index contributed by atoms with van der Waals surface area (Å²) < 4.78 is 13.6. The van der Waals surface area contributed by atoms with Gasteiger partial charge in [0.25, 0.3) is 0 Å².